The Morgan fingerprint density at radius 1 is 1.43 bits per heavy atom. The van der Waals surface area contributed by atoms with Gasteiger partial charge in [0.05, 0.1) is 13.2 Å². The molecule has 1 aromatic heterocycles. The highest BCUT2D eigenvalue weighted by atomic mass is 32.1. The molecule has 1 heterocycles. The molecule has 1 aromatic carbocycles. The zero-order valence-electron chi connectivity index (χ0n) is 11.9. The van der Waals surface area contributed by atoms with E-state index in [-0.39, 0.29) is 12.5 Å². The van der Waals surface area contributed by atoms with Crippen molar-refractivity contribution in [3.05, 3.63) is 52.2 Å². The molecule has 1 atom stereocenters. The fraction of sp³-hybridized carbons (Fsp3) is 0.312. The SMILES string of the molecule is COc1cccc(CCC(=O)NCC(O)c2ccsc2)c1. The van der Waals surface area contributed by atoms with Crippen molar-refractivity contribution in [2.24, 2.45) is 0 Å². The van der Waals surface area contributed by atoms with Gasteiger partial charge >= 0.3 is 0 Å². The summed E-state index contributed by atoms with van der Waals surface area (Å²) in [6, 6.07) is 9.54. The molecule has 0 fully saturated rings. The van der Waals surface area contributed by atoms with E-state index in [2.05, 4.69) is 5.32 Å². The Morgan fingerprint density at radius 2 is 2.29 bits per heavy atom. The summed E-state index contributed by atoms with van der Waals surface area (Å²) in [5, 5.41) is 16.4. The minimum Gasteiger partial charge on any atom is -0.497 e. The number of hydrogen-bond donors (Lipinski definition) is 2. The van der Waals surface area contributed by atoms with Gasteiger partial charge in [-0.3, -0.25) is 4.79 Å². The molecule has 0 bridgehead atoms. The maximum absolute atomic E-state index is 11.8. The van der Waals surface area contributed by atoms with Crippen molar-refractivity contribution < 1.29 is 14.6 Å². The summed E-state index contributed by atoms with van der Waals surface area (Å²) < 4.78 is 5.15. The van der Waals surface area contributed by atoms with Gasteiger partial charge in [-0.2, -0.15) is 11.3 Å². The van der Waals surface area contributed by atoms with Gasteiger partial charge < -0.3 is 15.2 Å². The summed E-state index contributed by atoms with van der Waals surface area (Å²) in [7, 11) is 1.62. The minimum absolute atomic E-state index is 0.0629. The monoisotopic (exact) mass is 305 g/mol. The first kappa shape index (κ1) is 15.5. The van der Waals surface area contributed by atoms with Crippen molar-refractivity contribution in [1.29, 1.82) is 0 Å². The lowest BCUT2D eigenvalue weighted by atomic mass is 10.1. The third kappa shape index (κ3) is 4.88. The molecular formula is C16H19NO3S. The number of rotatable bonds is 7. The summed E-state index contributed by atoms with van der Waals surface area (Å²) >= 11 is 1.53. The second kappa shape index (κ2) is 7.81. The molecule has 21 heavy (non-hydrogen) atoms. The Morgan fingerprint density at radius 3 is 3.00 bits per heavy atom. The lowest BCUT2D eigenvalue weighted by Gasteiger charge is -2.10. The fourth-order valence-electron chi connectivity index (χ4n) is 1.97. The maximum Gasteiger partial charge on any atom is 0.220 e. The van der Waals surface area contributed by atoms with Crippen LogP contribution in [0.2, 0.25) is 0 Å². The van der Waals surface area contributed by atoms with E-state index in [9.17, 15) is 9.90 Å². The third-order valence-corrected chi connectivity index (χ3v) is 3.90. The molecule has 112 valence electrons. The first-order chi connectivity index (χ1) is 10.2. The van der Waals surface area contributed by atoms with Crippen molar-refractivity contribution in [2.45, 2.75) is 18.9 Å². The number of carbonyl (C=O) groups excluding carboxylic acids is 1. The number of carbonyl (C=O) groups is 1. The van der Waals surface area contributed by atoms with E-state index in [4.69, 9.17) is 4.74 Å². The van der Waals surface area contributed by atoms with Crippen LogP contribution in [0, 0.1) is 0 Å². The van der Waals surface area contributed by atoms with Crippen LogP contribution >= 0.6 is 11.3 Å². The number of methoxy groups -OCH3 is 1. The predicted octanol–water partition coefficient (Wildman–Crippen LogP) is 2.54. The molecule has 0 saturated heterocycles. The number of nitrogens with one attached hydrogen (secondary N) is 1. The minimum atomic E-state index is -0.642. The summed E-state index contributed by atoms with van der Waals surface area (Å²) in [4.78, 5) is 11.8. The van der Waals surface area contributed by atoms with Gasteiger partial charge in [-0.25, -0.2) is 0 Å². The van der Waals surface area contributed by atoms with Gasteiger partial charge in [0.2, 0.25) is 5.91 Å². The number of amides is 1. The highest BCUT2D eigenvalue weighted by Gasteiger charge is 2.10. The Kier molecular flexibility index (Phi) is 5.78. The Hall–Kier alpha value is -1.85. The summed E-state index contributed by atoms with van der Waals surface area (Å²) in [6.07, 6.45) is 0.401. The van der Waals surface area contributed by atoms with E-state index in [1.165, 1.54) is 11.3 Å². The van der Waals surface area contributed by atoms with Crippen LogP contribution in [0.3, 0.4) is 0 Å². The number of aliphatic hydroxyl groups excluding tert-OH is 1. The van der Waals surface area contributed by atoms with Crippen LogP contribution in [-0.2, 0) is 11.2 Å². The second-order valence-corrected chi connectivity index (χ2v) is 5.51. The third-order valence-electron chi connectivity index (χ3n) is 3.20. The van der Waals surface area contributed by atoms with Gasteiger partial charge in [-0.05, 0) is 46.5 Å². The van der Waals surface area contributed by atoms with Crippen LogP contribution in [0.25, 0.3) is 0 Å². The first-order valence-electron chi connectivity index (χ1n) is 6.79. The van der Waals surface area contributed by atoms with E-state index < -0.39 is 6.10 Å². The molecule has 1 unspecified atom stereocenters. The molecule has 0 aliphatic carbocycles. The number of hydrogen-bond acceptors (Lipinski definition) is 4. The maximum atomic E-state index is 11.8. The van der Waals surface area contributed by atoms with E-state index in [1.807, 2.05) is 41.1 Å². The molecule has 0 spiro atoms. The van der Waals surface area contributed by atoms with Gasteiger partial charge in [0.15, 0.2) is 0 Å². The van der Waals surface area contributed by atoms with Crippen molar-refractivity contribution >= 4 is 17.2 Å². The molecule has 2 N–H and O–H groups in total. The van der Waals surface area contributed by atoms with Crippen molar-refractivity contribution in [1.82, 2.24) is 5.32 Å². The van der Waals surface area contributed by atoms with Crippen LogP contribution in [0.4, 0.5) is 0 Å². The summed E-state index contributed by atoms with van der Waals surface area (Å²) in [5.41, 5.74) is 1.90. The average molecular weight is 305 g/mol. The zero-order chi connectivity index (χ0) is 15.1. The second-order valence-electron chi connectivity index (χ2n) is 4.73. The van der Waals surface area contributed by atoms with Crippen LogP contribution in [0.1, 0.15) is 23.7 Å². The number of ether oxygens (including phenoxy) is 1. The van der Waals surface area contributed by atoms with Crippen LogP contribution in [0.5, 0.6) is 5.75 Å². The highest BCUT2D eigenvalue weighted by Crippen LogP contribution is 2.16. The Labute approximate surface area is 128 Å². The highest BCUT2D eigenvalue weighted by molar-refractivity contribution is 7.07. The molecule has 0 aliphatic rings. The summed E-state index contributed by atoms with van der Waals surface area (Å²) in [5.74, 6) is 0.730. The molecule has 4 nitrogen and oxygen atoms in total. The van der Waals surface area contributed by atoms with Gasteiger partial charge in [0, 0.05) is 13.0 Å². The number of thiophene rings is 1. The van der Waals surface area contributed by atoms with Crippen molar-refractivity contribution in [3.63, 3.8) is 0 Å². The standard InChI is InChI=1S/C16H19NO3S/c1-20-14-4-2-3-12(9-14)5-6-16(19)17-10-15(18)13-7-8-21-11-13/h2-4,7-9,11,15,18H,5-6,10H2,1H3,(H,17,19). The van der Waals surface area contributed by atoms with Crippen LogP contribution in [-0.4, -0.2) is 24.7 Å². The molecule has 0 aliphatic heterocycles. The smallest absolute Gasteiger partial charge is 0.220 e. The van der Waals surface area contributed by atoms with Gasteiger partial charge in [-0.1, -0.05) is 12.1 Å². The van der Waals surface area contributed by atoms with Gasteiger partial charge in [0.1, 0.15) is 5.75 Å². The van der Waals surface area contributed by atoms with E-state index in [0.717, 1.165) is 16.9 Å². The molecule has 0 saturated carbocycles. The predicted molar refractivity (Wildman–Crippen MR) is 83.6 cm³/mol. The first-order valence-corrected chi connectivity index (χ1v) is 7.73. The van der Waals surface area contributed by atoms with E-state index in [1.54, 1.807) is 7.11 Å². The normalized spacial score (nSPS) is 11.9. The molecular weight excluding hydrogens is 286 g/mol. The lowest BCUT2D eigenvalue weighted by Crippen LogP contribution is -2.28. The van der Waals surface area contributed by atoms with Gasteiger partial charge in [0.25, 0.3) is 0 Å². The Bertz CT molecular complexity index is 569. The molecule has 1 amide bonds. The number of aliphatic hydroxyl groups is 1. The molecule has 2 rings (SSSR count). The van der Waals surface area contributed by atoms with Crippen LogP contribution in [0.15, 0.2) is 41.1 Å². The topological polar surface area (TPSA) is 58.6 Å². The fourth-order valence-corrected chi connectivity index (χ4v) is 2.67. The van der Waals surface area contributed by atoms with E-state index >= 15 is 0 Å². The number of aryl methyl sites for hydroxylation is 1. The Balaban J connectivity index is 1.74. The number of benzene rings is 1. The van der Waals surface area contributed by atoms with Crippen LogP contribution < -0.4 is 10.1 Å². The quantitative estimate of drug-likeness (QED) is 0.826. The van der Waals surface area contributed by atoms with E-state index in [0.29, 0.717) is 12.8 Å². The van der Waals surface area contributed by atoms with Crippen molar-refractivity contribution in [2.75, 3.05) is 13.7 Å². The molecule has 5 heteroatoms. The zero-order valence-corrected chi connectivity index (χ0v) is 12.7. The largest absolute Gasteiger partial charge is 0.497 e. The lowest BCUT2D eigenvalue weighted by molar-refractivity contribution is -0.121. The van der Waals surface area contributed by atoms with Crippen molar-refractivity contribution in [3.8, 4) is 5.75 Å². The average Bonchev–Trinajstić information content (AvgIpc) is 3.05. The molecule has 2 aromatic rings. The molecule has 0 radical (unpaired) electrons. The summed E-state index contributed by atoms with van der Waals surface area (Å²) in [6.45, 7) is 0.244. The van der Waals surface area contributed by atoms with Gasteiger partial charge in [-0.15, -0.1) is 0 Å².